The number of allylic oxidation sites excluding steroid dienone is 2. The largest absolute Gasteiger partial charge is 0.490 e. The summed E-state index contributed by atoms with van der Waals surface area (Å²) in [7, 11) is 1.28. The number of methoxy groups -OCH3 is 1. The third kappa shape index (κ3) is 4.84. The van der Waals surface area contributed by atoms with Crippen molar-refractivity contribution >= 4 is 45.1 Å². The molecule has 0 saturated heterocycles. The van der Waals surface area contributed by atoms with Gasteiger partial charge >= 0.3 is 5.97 Å². The second-order valence-electron chi connectivity index (χ2n) is 9.11. The second kappa shape index (κ2) is 11.1. The second-order valence-corrected chi connectivity index (χ2v) is 10.3. The molecular formula is C30H28INO6. The Bertz CT molecular complexity index is 1490. The van der Waals surface area contributed by atoms with Crippen LogP contribution in [0.3, 0.4) is 0 Å². The normalized spacial score (nSPS) is 17.2. The van der Waals surface area contributed by atoms with E-state index < -0.39 is 11.9 Å². The Morgan fingerprint density at radius 3 is 2.68 bits per heavy atom. The van der Waals surface area contributed by atoms with Gasteiger partial charge in [-0.05, 0) is 70.0 Å². The van der Waals surface area contributed by atoms with E-state index in [-0.39, 0.29) is 17.2 Å². The number of nitrogens with two attached hydrogens (primary N) is 1. The van der Waals surface area contributed by atoms with Gasteiger partial charge in [-0.1, -0.05) is 42.5 Å². The Labute approximate surface area is 234 Å². The first kappa shape index (κ1) is 26.1. The Hall–Kier alpha value is -3.53. The molecule has 3 aromatic carbocycles. The lowest BCUT2D eigenvalue weighted by Gasteiger charge is -2.32. The topological polar surface area (TPSA) is 97.1 Å². The van der Waals surface area contributed by atoms with Gasteiger partial charge in [-0.2, -0.15) is 0 Å². The van der Waals surface area contributed by atoms with Crippen LogP contribution in [0.25, 0.3) is 10.8 Å². The number of ether oxygens (including phenoxy) is 4. The number of halogens is 1. The van der Waals surface area contributed by atoms with Crippen LogP contribution < -0.4 is 15.2 Å². The number of Topliss-reactive ketones (excluding diaryl/α,β-unsaturated/α-hetero) is 1. The van der Waals surface area contributed by atoms with Crippen molar-refractivity contribution in [1.82, 2.24) is 0 Å². The molecule has 1 aliphatic carbocycles. The van der Waals surface area contributed by atoms with Crippen LogP contribution in [-0.4, -0.2) is 25.5 Å². The molecule has 2 aliphatic rings. The summed E-state index contributed by atoms with van der Waals surface area (Å²) in [6.45, 7) is 2.65. The molecule has 7 nitrogen and oxygen atoms in total. The van der Waals surface area contributed by atoms with E-state index in [1.54, 1.807) is 0 Å². The number of carbonyl (C=O) groups excluding carboxylic acids is 2. The van der Waals surface area contributed by atoms with Crippen molar-refractivity contribution in [3.8, 4) is 11.5 Å². The predicted molar refractivity (Wildman–Crippen MR) is 152 cm³/mol. The average Bonchev–Trinajstić information content (AvgIpc) is 2.91. The molecule has 0 unspecified atom stereocenters. The fraction of sp³-hybridized carbons (Fsp3) is 0.267. The van der Waals surface area contributed by atoms with Gasteiger partial charge in [0, 0.05) is 18.4 Å². The van der Waals surface area contributed by atoms with Gasteiger partial charge in [0.2, 0.25) is 5.88 Å². The molecule has 0 aromatic heterocycles. The van der Waals surface area contributed by atoms with Crippen LogP contribution in [0.5, 0.6) is 11.5 Å². The molecule has 3 aromatic rings. The van der Waals surface area contributed by atoms with E-state index in [1.165, 1.54) is 7.11 Å². The lowest BCUT2D eigenvalue weighted by atomic mass is 9.77. The van der Waals surface area contributed by atoms with Gasteiger partial charge in [0.05, 0.1) is 23.2 Å². The number of hydrogen-bond acceptors (Lipinski definition) is 7. The molecule has 2 N–H and O–H groups in total. The number of benzene rings is 3. The predicted octanol–water partition coefficient (Wildman–Crippen LogP) is 5.89. The smallest absolute Gasteiger partial charge is 0.340 e. The fourth-order valence-electron chi connectivity index (χ4n) is 5.12. The minimum absolute atomic E-state index is 0.0421. The van der Waals surface area contributed by atoms with E-state index in [1.807, 2.05) is 43.3 Å². The van der Waals surface area contributed by atoms with Gasteiger partial charge in [0.25, 0.3) is 0 Å². The molecule has 8 heteroatoms. The number of carbonyl (C=O) groups is 2. The molecule has 0 bridgehead atoms. The first-order valence-electron chi connectivity index (χ1n) is 12.5. The minimum Gasteiger partial charge on any atom is -0.490 e. The number of ketones is 1. The molecule has 0 amide bonds. The number of esters is 1. The Morgan fingerprint density at radius 1 is 1.11 bits per heavy atom. The van der Waals surface area contributed by atoms with E-state index in [0.717, 1.165) is 19.9 Å². The summed E-state index contributed by atoms with van der Waals surface area (Å²) in [5.74, 6) is 0.168. The maximum atomic E-state index is 13.1. The molecule has 196 valence electrons. The van der Waals surface area contributed by atoms with Crippen LogP contribution in [0.1, 0.15) is 43.2 Å². The molecule has 38 heavy (non-hydrogen) atoms. The zero-order valence-electron chi connectivity index (χ0n) is 21.2. The van der Waals surface area contributed by atoms with Crippen molar-refractivity contribution in [3.63, 3.8) is 0 Å². The Balaban J connectivity index is 1.57. The third-order valence-electron chi connectivity index (χ3n) is 6.81. The van der Waals surface area contributed by atoms with Gasteiger partial charge in [-0.3, -0.25) is 4.79 Å². The first-order chi connectivity index (χ1) is 18.4. The van der Waals surface area contributed by atoms with Crippen molar-refractivity contribution in [3.05, 3.63) is 92.1 Å². The maximum absolute atomic E-state index is 13.1. The number of fused-ring (bicyclic) bond motifs is 1. The van der Waals surface area contributed by atoms with Crippen LogP contribution in [0, 0.1) is 3.57 Å². The van der Waals surface area contributed by atoms with Crippen LogP contribution in [-0.2, 0) is 25.7 Å². The summed E-state index contributed by atoms with van der Waals surface area (Å²) in [5.41, 5.74) is 8.52. The molecule has 1 aliphatic heterocycles. The van der Waals surface area contributed by atoms with Crippen molar-refractivity contribution in [2.45, 2.75) is 38.7 Å². The molecule has 1 heterocycles. The average molecular weight is 625 g/mol. The minimum atomic E-state index is -0.723. The standard InChI is InChI=1S/C30H28INO6/c1-3-36-24-15-19(25-26-22(33)12-7-13-23(26)38-29(32)27(25)30(34)35-2)14-21(31)28(24)37-16-18-10-6-9-17-8-4-5-11-20(17)18/h4-6,8-11,14-15,25H,3,7,12-13,16,32H2,1-2H3/t25-/m1/s1. The highest BCUT2D eigenvalue weighted by atomic mass is 127. The highest BCUT2D eigenvalue weighted by Gasteiger charge is 2.41. The van der Waals surface area contributed by atoms with E-state index in [0.29, 0.717) is 60.9 Å². The van der Waals surface area contributed by atoms with Gasteiger partial charge in [0.1, 0.15) is 17.9 Å². The zero-order chi connectivity index (χ0) is 26.8. The highest BCUT2D eigenvalue weighted by Crippen LogP contribution is 2.47. The number of hydrogen-bond donors (Lipinski definition) is 1. The van der Waals surface area contributed by atoms with Gasteiger partial charge < -0.3 is 24.7 Å². The zero-order valence-corrected chi connectivity index (χ0v) is 23.4. The van der Waals surface area contributed by atoms with E-state index in [9.17, 15) is 9.59 Å². The summed E-state index contributed by atoms with van der Waals surface area (Å²) in [6, 6.07) is 18.0. The number of rotatable bonds is 7. The van der Waals surface area contributed by atoms with Crippen molar-refractivity contribution in [2.24, 2.45) is 5.73 Å². The molecule has 5 rings (SSSR count). The molecule has 0 spiro atoms. The molecule has 0 saturated carbocycles. The summed E-state index contributed by atoms with van der Waals surface area (Å²) >= 11 is 2.20. The SMILES string of the molecule is CCOc1cc([C@H]2C(C(=O)OC)=C(N)OC3=C2C(=O)CCC3)cc(I)c1OCc1cccc2ccccc12. The molecule has 0 radical (unpaired) electrons. The lowest BCUT2D eigenvalue weighted by Crippen LogP contribution is -2.31. The monoisotopic (exact) mass is 625 g/mol. The molecule has 1 atom stereocenters. The van der Waals surface area contributed by atoms with Gasteiger partial charge in [-0.25, -0.2) is 4.79 Å². The van der Waals surface area contributed by atoms with Crippen molar-refractivity contribution in [2.75, 3.05) is 13.7 Å². The summed E-state index contributed by atoms with van der Waals surface area (Å²) in [6.07, 6.45) is 1.64. The van der Waals surface area contributed by atoms with Crippen molar-refractivity contribution < 1.29 is 28.5 Å². The third-order valence-corrected chi connectivity index (χ3v) is 7.61. The van der Waals surface area contributed by atoms with Crippen LogP contribution in [0.15, 0.2) is 77.4 Å². The quantitative estimate of drug-likeness (QED) is 0.259. The summed E-state index contributed by atoms with van der Waals surface area (Å²) < 4.78 is 23.9. The van der Waals surface area contributed by atoms with Crippen LogP contribution in [0.4, 0.5) is 0 Å². The van der Waals surface area contributed by atoms with E-state index in [2.05, 4.69) is 40.8 Å². The summed E-state index contributed by atoms with van der Waals surface area (Å²) in [5, 5.41) is 2.27. The van der Waals surface area contributed by atoms with Crippen molar-refractivity contribution in [1.29, 1.82) is 0 Å². The fourth-order valence-corrected chi connectivity index (χ4v) is 5.91. The lowest BCUT2D eigenvalue weighted by molar-refractivity contribution is -0.136. The van der Waals surface area contributed by atoms with Crippen LogP contribution >= 0.6 is 22.6 Å². The van der Waals surface area contributed by atoms with Gasteiger partial charge in [0.15, 0.2) is 17.3 Å². The van der Waals surface area contributed by atoms with E-state index in [4.69, 9.17) is 24.7 Å². The summed E-state index contributed by atoms with van der Waals surface area (Å²) in [4.78, 5) is 25.9. The molecular weight excluding hydrogens is 597 g/mol. The Morgan fingerprint density at radius 2 is 1.89 bits per heavy atom. The highest BCUT2D eigenvalue weighted by molar-refractivity contribution is 14.1. The van der Waals surface area contributed by atoms with E-state index >= 15 is 0 Å². The molecule has 0 fully saturated rings. The van der Waals surface area contributed by atoms with Gasteiger partial charge in [-0.15, -0.1) is 0 Å². The van der Waals surface area contributed by atoms with Crippen LogP contribution in [0.2, 0.25) is 0 Å². The Kier molecular flexibility index (Phi) is 7.60. The maximum Gasteiger partial charge on any atom is 0.340 e. The first-order valence-corrected chi connectivity index (χ1v) is 13.6.